The maximum atomic E-state index is 5.81. The van der Waals surface area contributed by atoms with Crippen molar-refractivity contribution in [3.63, 3.8) is 0 Å². The molecule has 3 nitrogen and oxygen atoms in total. The molecule has 114 valence electrons. The molecule has 1 atom stereocenters. The van der Waals surface area contributed by atoms with Gasteiger partial charge in [0.25, 0.3) is 0 Å². The Hall–Kier alpha value is -1.22. The summed E-state index contributed by atoms with van der Waals surface area (Å²) in [6, 6.07) is 8.40. The molecule has 0 bridgehead atoms. The normalized spacial score (nSPS) is 12.4. The number of rotatable bonds is 10. The van der Waals surface area contributed by atoms with Crippen LogP contribution in [0.2, 0.25) is 0 Å². The first kappa shape index (κ1) is 16.8. The van der Waals surface area contributed by atoms with Crippen molar-refractivity contribution in [1.29, 1.82) is 0 Å². The van der Waals surface area contributed by atoms with Crippen LogP contribution in [0.3, 0.4) is 0 Å². The van der Waals surface area contributed by atoms with Crippen LogP contribution < -0.4 is 14.8 Å². The zero-order valence-corrected chi connectivity index (χ0v) is 13.3. The largest absolute Gasteiger partial charge is 0.493 e. The maximum absolute atomic E-state index is 5.81. The van der Waals surface area contributed by atoms with Crippen LogP contribution in [-0.2, 0) is 0 Å². The third-order valence-electron chi connectivity index (χ3n) is 3.27. The molecule has 0 aliphatic heterocycles. The van der Waals surface area contributed by atoms with Gasteiger partial charge in [-0.2, -0.15) is 0 Å². The van der Waals surface area contributed by atoms with Crippen LogP contribution in [0.5, 0.6) is 11.5 Å². The molecule has 0 heterocycles. The lowest BCUT2D eigenvalue weighted by Crippen LogP contribution is -2.30. The molecule has 0 saturated carbocycles. The van der Waals surface area contributed by atoms with E-state index in [-0.39, 0.29) is 0 Å². The molecule has 0 aliphatic carbocycles. The Morgan fingerprint density at radius 3 is 2.45 bits per heavy atom. The number of ether oxygens (including phenoxy) is 2. The molecule has 1 aromatic carbocycles. The lowest BCUT2D eigenvalue weighted by atomic mass is 10.00. The fraction of sp³-hybridized carbons (Fsp3) is 0.647. The van der Waals surface area contributed by atoms with Gasteiger partial charge in [-0.3, -0.25) is 0 Å². The van der Waals surface area contributed by atoms with Crippen molar-refractivity contribution in [3.05, 3.63) is 24.3 Å². The Bertz CT molecular complexity index is 366. The minimum absolute atomic E-state index is 0.598. The van der Waals surface area contributed by atoms with Gasteiger partial charge < -0.3 is 14.8 Å². The van der Waals surface area contributed by atoms with Crippen molar-refractivity contribution in [1.82, 2.24) is 5.32 Å². The Kier molecular flexibility index (Phi) is 8.12. The van der Waals surface area contributed by atoms with E-state index in [9.17, 15) is 0 Å². The summed E-state index contributed by atoms with van der Waals surface area (Å²) in [5, 5.41) is 3.55. The molecule has 1 rings (SSSR count). The molecular weight excluding hydrogens is 250 g/mol. The van der Waals surface area contributed by atoms with Gasteiger partial charge in [0, 0.05) is 6.04 Å². The second kappa shape index (κ2) is 9.65. The third kappa shape index (κ3) is 6.29. The van der Waals surface area contributed by atoms with Crippen LogP contribution in [0.1, 0.15) is 40.0 Å². The van der Waals surface area contributed by atoms with Gasteiger partial charge in [-0.1, -0.05) is 32.9 Å². The number of hydrogen-bond donors (Lipinski definition) is 1. The monoisotopic (exact) mass is 279 g/mol. The first-order valence-electron chi connectivity index (χ1n) is 7.66. The van der Waals surface area contributed by atoms with Crippen LogP contribution in [0, 0.1) is 5.92 Å². The standard InChI is InChI=1S/C17H29NO2/c1-5-18-15(13-14(2)3)9-8-12-20-17-11-7-6-10-16(17)19-4/h6-7,10-11,14-15,18H,5,8-9,12-13H2,1-4H3. The van der Waals surface area contributed by atoms with Crippen LogP contribution in [0.15, 0.2) is 24.3 Å². The summed E-state index contributed by atoms with van der Waals surface area (Å²) in [5.74, 6) is 2.37. The van der Waals surface area contributed by atoms with Gasteiger partial charge in [-0.25, -0.2) is 0 Å². The van der Waals surface area contributed by atoms with Crippen molar-refractivity contribution >= 4 is 0 Å². The first-order valence-corrected chi connectivity index (χ1v) is 7.66. The van der Waals surface area contributed by atoms with E-state index in [0.29, 0.717) is 6.04 Å². The fourth-order valence-electron chi connectivity index (χ4n) is 2.41. The van der Waals surface area contributed by atoms with Crippen molar-refractivity contribution < 1.29 is 9.47 Å². The third-order valence-corrected chi connectivity index (χ3v) is 3.27. The lowest BCUT2D eigenvalue weighted by molar-refractivity contribution is 0.274. The van der Waals surface area contributed by atoms with E-state index in [1.54, 1.807) is 7.11 Å². The van der Waals surface area contributed by atoms with Gasteiger partial charge >= 0.3 is 0 Å². The Balaban J connectivity index is 2.32. The smallest absolute Gasteiger partial charge is 0.161 e. The zero-order valence-electron chi connectivity index (χ0n) is 13.3. The second-order valence-electron chi connectivity index (χ2n) is 5.53. The molecule has 1 N–H and O–H groups in total. The average molecular weight is 279 g/mol. The SMILES string of the molecule is CCNC(CCCOc1ccccc1OC)CC(C)C. The molecule has 0 fully saturated rings. The summed E-state index contributed by atoms with van der Waals surface area (Å²) in [4.78, 5) is 0. The van der Waals surface area contributed by atoms with Crippen molar-refractivity contribution in [2.75, 3.05) is 20.3 Å². The van der Waals surface area contributed by atoms with Crippen LogP contribution in [-0.4, -0.2) is 26.3 Å². The number of nitrogens with one attached hydrogen (secondary N) is 1. The van der Waals surface area contributed by atoms with Crippen molar-refractivity contribution in [2.24, 2.45) is 5.92 Å². The molecule has 0 spiro atoms. The molecule has 0 amide bonds. The Morgan fingerprint density at radius 1 is 1.15 bits per heavy atom. The van der Waals surface area contributed by atoms with E-state index in [1.165, 1.54) is 6.42 Å². The van der Waals surface area contributed by atoms with Crippen LogP contribution >= 0.6 is 0 Å². The quantitative estimate of drug-likeness (QED) is 0.659. The second-order valence-corrected chi connectivity index (χ2v) is 5.53. The summed E-state index contributed by atoms with van der Waals surface area (Å²) >= 11 is 0. The lowest BCUT2D eigenvalue weighted by Gasteiger charge is -2.20. The van der Waals surface area contributed by atoms with Crippen LogP contribution in [0.4, 0.5) is 0 Å². The summed E-state index contributed by atoms with van der Waals surface area (Å²) in [6.07, 6.45) is 3.44. The van der Waals surface area contributed by atoms with Crippen molar-refractivity contribution in [3.8, 4) is 11.5 Å². The van der Waals surface area contributed by atoms with Gasteiger partial charge in [-0.05, 0) is 43.9 Å². The summed E-state index contributed by atoms with van der Waals surface area (Å²) < 4.78 is 11.1. The molecule has 1 unspecified atom stereocenters. The highest BCUT2D eigenvalue weighted by molar-refractivity contribution is 5.39. The van der Waals surface area contributed by atoms with E-state index in [2.05, 4.69) is 26.1 Å². The molecule has 0 aromatic heterocycles. The summed E-state index contributed by atoms with van der Waals surface area (Å²) in [5.41, 5.74) is 0. The van der Waals surface area contributed by atoms with E-state index in [4.69, 9.17) is 9.47 Å². The molecule has 0 aliphatic rings. The minimum atomic E-state index is 0.598. The number of para-hydroxylation sites is 2. The molecule has 0 radical (unpaired) electrons. The Labute approximate surface area is 123 Å². The number of hydrogen-bond acceptors (Lipinski definition) is 3. The van der Waals surface area contributed by atoms with E-state index in [1.807, 2.05) is 24.3 Å². The van der Waals surface area contributed by atoms with E-state index < -0.39 is 0 Å². The molecule has 20 heavy (non-hydrogen) atoms. The maximum Gasteiger partial charge on any atom is 0.161 e. The zero-order chi connectivity index (χ0) is 14.8. The first-order chi connectivity index (χ1) is 9.67. The van der Waals surface area contributed by atoms with Crippen LogP contribution in [0.25, 0.3) is 0 Å². The molecular formula is C17H29NO2. The van der Waals surface area contributed by atoms with E-state index >= 15 is 0 Å². The highest BCUT2D eigenvalue weighted by atomic mass is 16.5. The summed E-state index contributed by atoms with van der Waals surface area (Å²) in [6.45, 7) is 8.48. The molecule has 3 heteroatoms. The summed E-state index contributed by atoms with van der Waals surface area (Å²) in [7, 11) is 1.67. The van der Waals surface area contributed by atoms with Gasteiger partial charge in [0.05, 0.1) is 13.7 Å². The van der Waals surface area contributed by atoms with Crippen molar-refractivity contribution in [2.45, 2.75) is 46.1 Å². The van der Waals surface area contributed by atoms with Gasteiger partial charge in [0.15, 0.2) is 11.5 Å². The predicted molar refractivity (Wildman–Crippen MR) is 84.6 cm³/mol. The van der Waals surface area contributed by atoms with Gasteiger partial charge in [0.2, 0.25) is 0 Å². The highest BCUT2D eigenvalue weighted by Crippen LogP contribution is 2.25. The number of benzene rings is 1. The fourth-order valence-corrected chi connectivity index (χ4v) is 2.41. The number of methoxy groups -OCH3 is 1. The average Bonchev–Trinajstić information content (AvgIpc) is 2.43. The Morgan fingerprint density at radius 2 is 1.85 bits per heavy atom. The van der Waals surface area contributed by atoms with E-state index in [0.717, 1.165) is 43.4 Å². The van der Waals surface area contributed by atoms with Gasteiger partial charge in [0.1, 0.15) is 0 Å². The molecule has 1 aromatic rings. The minimum Gasteiger partial charge on any atom is -0.493 e. The highest BCUT2D eigenvalue weighted by Gasteiger charge is 2.09. The topological polar surface area (TPSA) is 30.5 Å². The van der Waals surface area contributed by atoms with Gasteiger partial charge in [-0.15, -0.1) is 0 Å². The molecule has 0 saturated heterocycles. The predicted octanol–water partition coefficient (Wildman–Crippen LogP) is 3.88.